The summed E-state index contributed by atoms with van der Waals surface area (Å²) in [5.41, 5.74) is 1.02. The second-order valence-corrected chi connectivity index (χ2v) is 5.70. The minimum Gasteiger partial charge on any atom is -0.481 e. The van der Waals surface area contributed by atoms with Gasteiger partial charge in [0.05, 0.1) is 12.8 Å². The van der Waals surface area contributed by atoms with Gasteiger partial charge in [-0.2, -0.15) is 0 Å². The quantitative estimate of drug-likeness (QED) is 0.880. The van der Waals surface area contributed by atoms with Crippen molar-refractivity contribution in [2.75, 3.05) is 20.2 Å². The normalized spacial score (nSPS) is 18.3. The lowest BCUT2D eigenvalue weighted by atomic mass is 9.91. The number of H-pyrrole nitrogens is 1. The molecule has 0 amide bonds. The molecule has 2 N–H and O–H groups in total. The van der Waals surface area contributed by atoms with Gasteiger partial charge in [0.15, 0.2) is 0 Å². The minimum absolute atomic E-state index is 0.265. The zero-order chi connectivity index (χ0) is 15.4. The molecule has 1 aliphatic heterocycles. The molecule has 6 heteroatoms. The molecule has 22 heavy (non-hydrogen) atoms. The van der Waals surface area contributed by atoms with Gasteiger partial charge in [0, 0.05) is 25.0 Å². The number of aromatic nitrogens is 3. The second kappa shape index (κ2) is 6.89. The van der Waals surface area contributed by atoms with Crippen LogP contribution in [0.3, 0.4) is 0 Å². The van der Waals surface area contributed by atoms with Crippen LogP contribution in [0.1, 0.15) is 30.5 Å². The molecule has 0 saturated carbocycles. The van der Waals surface area contributed by atoms with Gasteiger partial charge in [0.1, 0.15) is 11.9 Å². The molecule has 1 saturated heterocycles. The predicted octanol–water partition coefficient (Wildman–Crippen LogP) is 1.76. The molecule has 1 fully saturated rings. The Kier molecular flexibility index (Phi) is 4.70. The first-order valence-electron chi connectivity index (χ1n) is 7.66. The third-order valence-corrected chi connectivity index (χ3v) is 4.25. The fraction of sp³-hybridized carbons (Fsp3) is 0.500. The van der Waals surface area contributed by atoms with Crippen LogP contribution in [-0.2, 0) is 6.54 Å². The van der Waals surface area contributed by atoms with Crippen molar-refractivity contribution in [1.29, 1.82) is 0 Å². The van der Waals surface area contributed by atoms with E-state index in [1.54, 1.807) is 19.5 Å². The van der Waals surface area contributed by atoms with Crippen molar-refractivity contribution in [2.24, 2.45) is 5.92 Å². The van der Waals surface area contributed by atoms with Crippen LogP contribution >= 0.6 is 0 Å². The van der Waals surface area contributed by atoms with Crippen LogP contribution in [-0.4, -0.2) is 45.2 Å². The fourth-order valence-corrected chi connectivity index (χ4v) is 2.98. The van der Waals surface area contributed by atoms with Crippen molar-refractivity contribution >= 4 is 0 Å². The number of piperidine rings is 1. The van der Waals surface area contributed by atoms with Gasteiger partial charge in [0.2, 0.25) is 5.88 Å². The summed E-state index contributed by atoms with van der Waals surface area (Å²) in [4.78, 5) is 14.0. The SMILES string of the molecule is COc1cccc(CN2CCC(C(O)c3ncc[nH]3)CC2)n1. The number of methoxy groups -OCH3 is 1. The summed E-state index contributed by atoms with van der Waals surface area (Å²) in [6.07, 6.45) is 4.87. The molecule has 0 bridgehead atoms. The third kappa shape index (κ3) is 3.45. The lowest BCUT2D eigenvalue weighted by molar-refractivity contribution is 0.0511. The Morgan fingerprint density at radius 2 is 2.23 bits per heavy atom. The average molecular weight is 302 g/mol. The Hall–Kier alpha value is -1.92. The molecule has 1 atom stereocenters. The first kappa shape index (κ1) is 15.0. The number of aliphatic hydroxyl groups is 1. The van der Waals surface area contributed by atoms with Gasteiger partial charge in [-0.15, -0.1) is 0 Å². The zero-order valence-electron chi connectivity index (χ0n) is 12.8. The number of nitrogens with zero attached hydrogens (tertiary/aromatic N) is 3. The first-order valence-corrected chi connectivity index (χ1v) is 7.66. The highest BCUT2D eigenvalue weighted by atomic mass is 16.5. The van der Waals surface area contributed by atoms with E-state index in [1.165, 1.54) is 0 Å². The van der Waals surface area contributed by atoms with E-state index in [0.717, 1.165) is 38.2 Å². The Labute approximate surface area is 130 Å². The molecule has 0 radical (unpaired) electrons. The maximum absolute atomic E-state index is 10.3. The van der Waals surface area contributed by atoms with Crippen molar-refractivity contribution in [3.05, 3.63) is 42.1 Å². The zero-order valence-corrected chi connectivity index (χ0v) is 12.8. The smallest absolute Gasteiger partial charge is 0.213 e. The minimum atomic E-state index is -0.493. The highest BCUT2D eigenvalue weighted by Gasteiger charge is 2.27. The Bertz CT molecular complexity index is 580. The van der Waals surface area contributed by atoms with Crippen molar-refractivity contribution < 1.29 is 9.84 Å². The van der Waals surface area contributed by atoms with Gasteiger partial charge in [-0.3, -0.25) is 4.90 Å². The summed E-state index contributed by atoms with van der Waals surface area (Å²) >= 11 is 0. The lowest BCUT2D eigenvalue weighted by Gasteiger charge is -2.33. The molecular formula is C16H22N4O2. The maximum atomic E-state index is 10.3. The van der Waals surface area contributed by atoms with Crippen molar-refractivity contribution in [2.45, 2.75) is 25.5 Å². The molecule has 3 heterocycles. The van der Waals surface area contributed by atoms with Crippen LogP contribution in [0.2, 0.25) is 0 Å². The van der Waals surface area contributed by atoms with E-state index < -0.39 is 6.10 Å². The highest BCUT2D eigenvalue weighted by Crippen LogP contribution is 2.29. The summed E-state index contributed by atoms with van der Waals surface area (Å²) in [6, 6.07) is 5.84. The first-order chi connectivity index (χ1) is 10.8. The van der Waals surface area contributed by atoms with Crippen LogP contribution in [0, 0.1) is 5.92 Å². The fourth-order valence-electron chi connectivity index (χ4n) is 2.98. The Morgan fingerprint density at radius 3 is 2.91 bits per heavy atom. The number of nitrogens with one attached hydrogen (secondary N) is 1. The lowest BCUT2D eigenvalue weighted by Crippen LogP contribution is -2.35. The third-order valence-electron chi connectivity index (χ3n) is 4.25. The molecule has 3 rings (SSSR count). The largest absolute Gasteiger partial charge is 0.481 e. The van der Waals surface area contributed by atoms with Crippen molar-refractivity contribution in [1.82, 2.24) is 19.9 Å². The standard InChI is InChI=1S/C16H22N4O2/c1-22-14-4-2-3-13(19-14)11-20-9-5-12(6-10-20)15(21)16-17-7-8-18-16/h2-4,7-8,12,15,21H,5-6,9-11H2,1H3,(H,17,18). The topological polar surface area (TPSA) is 74.3 Å². The molecule has 1 aliphatic rings. The molecule has 2 aromatic heterocycles. The summed E-state index contributed by atoms with van der Waals surface area (Å²) in [5.74, 6) is 1.59. The van der Waals surface area contributed by atoms with E-state index in [0.29, 0.717) is 11.7 Å². The van der Waals surface area contributed by atoms with Crippen LogP contribution in [0.4, 0.5) is 0 Å². The molecule has 118 valence electrons. The van der Waals surface area contributed by atoms with E-state index in [4.69, 9.17) is 4.74 Å². The molecule has 0 aromatic carbocycles. The Balaban J connectivity index is 1.53. The number of likely N-dealkylation sites (tertiary alicyclic amines) is 1. The second-order valence-electron chi connectivity index (χ2n) is 5.70. The molecular weight excluding hydrogens is 280 g/mol. The van der Waals surface area contributed by atoms with E-state index in [2.05, 4.69) is 19.9 Å². The molecule has 1 unspecified atom stereocenters. The average Bonchev–Trinajstić information content (AvgIpc) is 3.09. The Morgan fingerprint density at radius 1 is 1.41 bits per heavy atom. The van der Waals surface area contributed by atoms with E-state index in [-0.39, 0.29) is 5.92 Å². The summed E-state index contributed by atoms with van der Waals surface area (Å²) in [6.45, 7) is 2.74. The van der Waals surface area contributed by atoms with Crippen LogP contribution < -0.4 is 4.74 Å². The number of imidazole rings is 1. The van der Waals surface area contributed by atoms with Gasteiger partial charge in [-0.05, 0) is 37.9 Å². The van der Waals surface area contributed by atoms with Gasteiger partial charge >= 0.3 is 0 Å². The highest BCUT2D eigenvalue weighted by molar-refractivity contribution is 5.15. The van der Waals surface area contributed by atoms with Crippen LogP contribution in [0.5, 0.6) is 5.88 Å². The number of hydrogen-bond acceptors (Lipinski definition) is 5. The predicted molar refractivity (Wildman–Crippen MR) is 82.3 cm³/mol. The number of ether oxygens (including phenoxy) is 1. The van der Waals surface area contributed by atoms with Crippen molar-refractivity contribution in [3.63, 3.8) is 0 Å². The van der Waals surface area contributed by atoms with Gasteiger partial charge < -0.3 is 14.8 Å². The number of rotatable bonds is 5. The number of aliphatic hydroxyl groups excluding tert-OH is 1. The van der Waals surface area contributed by atoms with Gasteiger partial charge in [-0.1, -0.05) is 6.07 Å². The molecule has 2 aromatic rings. The van der Waals surface area contributed by atoms with E-state index in [1.807, 2.05) is 18.2 Å². The molecule has 6 nitrogen and oxygen atoms in total. The summed E-state index contributed by atoms with van der Waals surface area (Å²) in [5, 5.41) is 10.3. The van der Waals surface area contributed by atoms with E-state index >= 15 is 0 Å². The number of pyridine rings is 1. The maximum Gasteiger partial charge on any atom is 0.213 e. The summed E-state index contributed by atoms with van der Waals surface area (Å²) < 4.78 is 5.16. The molecule has 0 spiro atoms. The number of hydrogen-bond donors (Lipinski definition) is 2. The van der Waals surface area contributed by atoms with Crippen LogP contribution in [0.15, 0.2) is 30.6 Å². The monoisotopic (exact) mass is 302 g/mol. The van der Waals surface area contributed by atoms with Gasteiger partial charge in [0.25, 0.3) is 0 Å². The van der Waals surface area contributed by atoms with Crippen LogP contribution in [0.25, 0.3) is 0 Å². The summed E-state index contributed by atoms with van der Waals surface area (Å²) in [7, 11) is 1.63. The van der Waals surface area contributed by atoms with Gasteiger partial charge in [-0.25, -0.2) is 9.97 Å². The molecule has 0 aliphatic carbocycles. The van der Waals surface area contributed by atoms with Crippen molar-refractivity contribution in [3.8, 4) is 5.88 Å². The number of aromatic amines is 1. The van der Waals surface area contributed by atoms with E-state index in [9.17, 15) is 5.11 Å².